The predicted molar refractivity (Wildman–Crippen MR) is 67.3 cm³/mol. The number of benzene rings is 1. The van der Waals surface area contributed by atoms with Crippen molar-refractivity contribution in [3.05, 3.63) is 29.8 Å². The Morgan fingerprint density at radius 1 is 1.29 bits per heavy atom. The Hall–Kier alpha value is -1.35. The Balaban J connectivity index is 3.03. The molecule has 118 valence electrons. The van der Waals surface area contributed by atoms with E-state index in [2.05, 4.69) is 0 Å². The molecule has 0 aliphatic carbocycles. The van der Waals surface area contributed by atoms with Crippen LogP contribution in [0.1, 0.15) is 10.4 Å². The van der Waals surface area contributed by atoms with Gasteiger partial charge in [-0.05, 0) is 12.1 Å². The summed E-state index contributed by atoms with van der Waals surface area (Å²) in [5.74, 6) is -3.85. The van der Waals surface area contributed by atoms with Crippen molar-refractivity contribution in [1.82, 2.24) is 4.90 Å². The molecule has 0 aliphatic rings. The normalized spacial score (nSPS) is 11.8. The molecule has 9 heteroatoms. The smallest absolute Gasteiger partial charge is 0.395 e. The van der Waals surface area contributed by atoms with E-state index in [0.717, 1.165) is 0 Å². The molecule has 0 heterocycles. The van der Waals surface area contributed by atoms with Crippen molar-refractivity contribution in [2.24, 2.45) is 0 Å². The molecule has 0 aromatic heterocycles. The molecule has 1 amide bonds. The molecule has 1 aromatic carbocycles. The number of carbonyl (C=O) groups excluding carboxylic acids is 1. The van der Waals surface area contributed by atoms with Gasteiger partial charge in [0.1, 0.15) is 6.54 Å². The highest BCUT2D eigenvalue weighted by Crippen LogP contribution is 2.29. The summed E-state index contributed by atoms with van der Waals surface area (Å²) in [5, 5.41) is 8.76. The summed E-state index contributed by atoms with van der Waals surface area (Å²) in [6, 6.07) is 5.18. The number of thioether (sulfide) groups is 1. The lowest BCUT2D eigenvalue weighted by atomic mass is 10.2. The summed E-state index contributed by atoms with van der Waals surface area (Å²) in [5.41, 5.74) is -0.250. The van der Waals surface area contributed by atoms with Gasteiger partial charge in [-0.25, -0.2) is 0 Å². The van der Waals surface area contributed by atoms with Gasteiger partial charge in [-0.15, -0.1) is 0 Å². The van der Waals surface area contributed by atoms with Gasteiger partial charge in [0.15, 0.2) is 0 Å². The minimum atomic E-state index is -4.64. The first-order chi connectivity index (χ1) is 9.74. The monoisotopic (exact) mass is 329 g/mol. The number of carbonyl (C=O) groups is 1. The van der Waals surface area contributed by atoms with Crippen LogP contribution in [0, 0.1) is 0 Å². The van der Waals surface area contributed by atoms with E-state index in [-0.39, 0.29) is 22.2 Å². The zero-order chi connectivity index (χ0) is 16.0. The summed E-state index contributed by atoms with van der Waals surface area (Å²) in [4.78, 5) is 12.3. The van der Waals surface area contributed by atoms with Crippen molar-refractivity contribution in [2.45, 2.75) is 16.8 Å². The number of amides is 1. The van der Waals surface area contributed by atoms with Crippen molar-refractivity contribution in [2.75, 3.05) is 19.7 Å². The molecule has 0 aliphatic heterocycles. The van der Waals surface area contributed by atoms with Gasteiger partial charge in [0.2, 0.25) is 0 Å². The maximum absolute atomic E-state index is 12.4. The highest BCUT2D eigenvalue weighted by molar-refractivity contribution is 7.99. The van der Waals surface area contributed by atoms with Crippen molar-refractivity contribution in [3.8, 4) is 0 Å². The number of alkyl halides is 5. The summed E-state index contributed by atoms with van der Waals surface area (Å²) in [6.07, 6.45) is -4.64. The van der Waals surface area contributed by atoms with Crippen LogP contribution >= 0.6 is 11.8 Å². The highest BCUT2D eigenvalue weighted by Gasteiger charge is 2.33. The zero-order valence-electron chi connectivity index (χ0n) is 10.6. The molecule has 21 heavy (non-hydrogen) atoms. The van der Waals surface area contributed by atoms with Gasteiger partial charge in [-0.1, -0.05) is 23.9 Å². The quantitative estimate of drug-likeness (QED) is 0.644. The largest absolute Gasteiger partial charge is 0.406 e. The fraction of sp³-hybridized carbons (Fsp3) is 0.417. The van der Waals surface area contributed by atoms with Gasteiger partial charge in [-0.3, -0.25) is 4.79 Å². The topological polar surface area (TPSA) is 40.5 Å². The van der Waals surface area contributed by atoms with Gasteiger partial charge in [-0.2, -0.15) is 22.0 Å². The molecule has 0 fully saturated rings. The number of hydrogen-bond donors (Lipinski definition) is 1. The lowest BCUT2D eigenvalue weighted by molar-refractivity contribution is -0.141. The second-order valence-corrected chi connectivity index (χ2v) is 4.97. The Labute approximate surface area is 121 Å². The van der Waals surface area contributed by atoms with E-state index >= 15 is 0 Å². The van der Waals surface area contributed by atoms with Crippen LogP contribution in [0.4, 0.5) is 22.0 Å². The van der Waals surface area contributed by atoms with E-state index in [1.54, 1.807) is 0 Å². The van der Waals surface area contributed by atoms with Crippen molar-refractivity contribution >= 4 is 17.7 Å². The van der Waals surface area contributed by atoms with Gasteiger partial charge in [0, 0.05) is 11.4 Å². The zero-order valence-corrected chi connectivity index (χ0v) is 11.4. The fourth-order valence-corrected chi connectivity index (χ4v) is 2.23. The molecule has 1 aromatic rings. The fourth-order valence-electron chi connectivity index (χ4n) is 1.60. The average molecular weight is 329 g/mol. The Bertz CT molecular complexity index is 481. The molecule has 0 atom stereocenters. The van der Waals surface area contributed by atoms with Crippen LogP contribution in [-0.2, 0) is 0 Å². The first-order valence-electron chi connectivity index (χ1n) is 5.75. The van der Waals surface area contributed by atoms with Crippen molar-refractivity contribution < 1.29 is 31.9 Å². The second-order valence-electron chi connectivity index (χ2n) is 3.94. The molecular weight excluding hydrogens is 317 g/mol. The number of hydrogen-bond acceptors (Lipinski definition) is 3. The number of aliphatic hydroxyl groups excluding tert-OH is 1. The Morgan fingerprint density at radius 3 is 2.43 bits per heavy atom. The minimum absolute atomic E-state index is 0.0823. The number of nitrogens with zero attached hydrogens (tertiary/aromatic N) is 1. The van der Waals surface area contributed by atoms with Gasteiger partial charge < -0.3 is 10.0 Å². The molecule has 0 spiro atoms. The maximum Gasteiger partial charge on any atom is 0.406 e. The maximum atomic E-state index is 12.4. The van der Waals surface area contributed by atoms with E-state index in [1.165, 1.54) is 24.3 Å². The predicted octanol–water partition coefficient (Wildman–Crippen LogP) is 3.00. The van der Waals surface area contributed by atoms with Crippen LogP contribution in [0.2, 0.25) is 0 Å². The molecular formula is C12H12F5NO2S. The van der Waals surface area contributed by atoms with E-state index in [0.29, 0.717) is 4.90 Å². The lowest BCUT2D eigenvalue weighted by Gasteiger charge is -2.24. The molecule has 0 saturated heterocycles. The standard InChI is InChI=1S/C12H12F5NO2S/c13-11(14)21-9-4-2-1-3-8(9)10(20)18(5-6-19)7-12(15,16)17/h1-4,11,19H,5-7H2. The molecule has 0 saturated carbocycles. The van der Waals surface area contributed by atoms with Crippen LogP contribution < -0.4 is 0 Å². The molecule has 0 bridgehead atoms. The third-order valence-electron chi connectivity index (χ3n) is 2.36. The summed E-state index contributed by atoms with van der Waals surface area (Å²) in [7, 11) is 0. The first kappa shape index (κ1) is 17.7. The summed E-state index contributed by atoms with van der Waals surface area (Å²) >= 11 is 0.0823. The first-order valence-corrected chi connectivity index (χ1v) is 6.63. The van der Waals surface area contributed by atoms with Gasteiger partial charge in [0.25, 0.3) is 11.7 Å². The van der Waals surface area contributed by atoms with E-state index in [4.69, 9.17) is 5.11 Å². The number of halogens is 5. The molecule has 1 N–H and O–H groups in total. The third-order valence-corrected chi connectivity index (χ3v) is 3.15. The Kier molecular flexibility index (Phi) is 6.41. The van der Waals surface area contributed by atoms with E-state index in [9.17, 15) is 26.7 Å². The van der Waals surface area contributed by atoms with Gasteiger partial charge in [0.05, 0.1) is 12.2 Å². The number of aliphatic hydroxyl groups is 1. The van der Waals surface area contributed by atoms with Crippen LogP contribution in [0.15, 0.2) is 29.2 Å². The van der Waals surface area contributed by atoms with Crippen LogP contribution in [-0.4, -0.2) is 47.5 Å². The van der Waals surface area contributed by atoms with Crippen molar-refractivity contribution in [1.29, 1.82) is 0 Å². The molecule has 1 rings (SSSR count). The molecule has 3 nitrogen and oxygen atoms in total. The average Bonchev–Trinajstić information content (AvgIpc) is 2.36. The minimum Gasteiger partial charge on any atom is -0.395 e. The lowest BCUT2D eigenvalue weighted by Crippen LogP contribution is -2.40. The third kappa shape index (κ3) is 5.88. The summed E-state index contributed by atoms with van der Waals surface area (Å²) < 4.78 is 62.0. The molecule has 0 radical (unpaired) electrons. The van der Waals surface area contributed by atoms with Gasteiger partial charge >= 0.3 is 6.18 Å². The van der Waals surface area contributed by atoms with Crippen LogP contribution in [0.25, 0.3) is 0 Å². The number of rotatable bonds is 6. The van der Waals surface area contributed by atoms with Crippen LogP contribution in [0.3, 0.4) is 0 Å². The molecule has 0 unspecified atom stereocenters. The summed E-state index contributed by atoms with van der Waals surface area (Å²) in [6.45, 7) is -2.75. The van der Waals surface area contributed by atoms with Crippen molar-refractivity contribution in [3.63, 3.8) is 0 Å². The SMILES string of the molecule is O=C(c1ccccc1SC(F)F)N(CCO)CC(F)(F)F. The van der Waals surface area contributed by atoms with E-state index < -0.39 is 37.5 Å². The Morgan fingerprint density at radius 2 is 1.90 bits per heavy atom. The second kappa shape index (κ2) is 7.60. The van der Waals surface area contributed by atoms with Crippen LogP contribution in [0.5, 0.6) is 0 Å². The highest BCUT2D eigenvalue weighted by atomic mass is 32.2. The van der Waals surface area contributed by atoms with E-state index in [1.807, 2.05) is 0 Å².